The second-order valence-electron chi connectivity index (χ2n) is 4.37. The molecule has 2 amide bonds. The summed E-state index contributed by atoms with van der Waals surface area (Å²) in [6, 6.07) is -0.165. The van der Waals surface area contributed by atoms with Crippen LogP contribution in [0.4, 0.5) is 10.5 Å². The number of H-pyrrole nitrogens is 1. The van der Waals surface area contributed by atoms with Crippen molar-refractivity contribution in [2.24, 2.45) is 5.92 Å². The summed E-state index contributed by atoms with van der Waals surface area (Å²) < 4.78 is 0. The highest BCUT2D eigenvalue weighted by molar-refractivity contribution is 5.88. The fourth-order valence-corrected chi connectivity index (χ4v) is 2.10. The average molecular weight is 237 g/mol. The Morgan fingerprint density at radius 1 is 1.71 bits per heavy atom. The number of carbonyl (C=O) groups excluding carboxylic acids is 1. The third kappa shape index (κ3) is 3.45. The number of nitrogens with one attached hydrogen (secondary N) is 3. The van der Waals surface area contributed by atoms with E-state index in [9.17, 15) is 4.79 Å². The molecule has 1 aliphatic heterocycles. The summed E-state index contributed by atoms with van der Waals surface area (Å²) in [5.74, 6) is 0.574. The van der Waals surface area contributed by atoms with E-state index in [0.29, 0.717) is 11.6 Å². The van der Waals surface area contributed by atoms with E-state index in [4.69, 9.17) is 0 Å². The van der Waals surface area contributed by atoms with E-state index < -0.39 is 0 Å². The number of aromatic nitrogens is 2. The standard InChI is InChI=1S/C11H19N5O/c1-2-16-4-3-9(8-16)5-12-11(17)15-10-6-13-14-7-10/h6-7,9H,2-5,8H2,1H3,(H,13,14)(H2,12,15,17)/t9-/m1/s1. The molecule has 1 aromatic rings. The Kier molecular flexibility index (Phi) is 3.98. The predicted molar refractivity (Wildman–Crippen MR) is 65.8 cm³/mol. The first-order valence-corrected chi connectivity index (χ1v) is 6.04. The Labute approximate surface area is 101 Å². The van der Waals surface area contributed by atoms with E-state index in [1.807, 2.05) is 0 Å². The molecule has 17 heavy (non-hydrogen) atoms. The van der Waals surface area contributed by atoms with Gasteiger partial charge in [0.1, 0.15) is 0 Å². The summed E-state index contributed by atoms with van der Waals surface area (Å²) in [5.41, 5.74) is 0.684. The topological polar surface area (TPSA) is 73.1 Å². The molecule has 1 saturated heterocycles. The van der Waals surface area contributed by atoms with E-state index in [2.05, 4.69) is 32.7 Å². The number of anilines is 1. The van der Waals surface area contributed by atoms with Crippen LogP contribution in [0.15, 0.2) is 12.4 Å². The van der Waals surface area contributed by atoms with E-state index in [1.54, 1.807) is 12.4 Å². The molecule has 0 radical (unpaired) electrons. The van der Waals surface area contributed by atoms with Crippen LogP contribution >= 0.6 is 0 Å². The lowest BCUT2D eigenvalue weighted by molar-refractivity contribution is 0.250. The van der Waals surface area contributed by atoms with Gasteiger partial charge in [-0.2, -0.15) is 5.10 Å². The van der Waals surface area contributed by atoms with Gasteiger partial charge in [0, 0.05) is 19.3 Å². The third-order valence-corrected chi connectivity index (χ3v) is 3.12. The Bertz CT molecular complexity index is 351. The molecule has 94 valence electrons. The minimum atomic E-state index is -0.165. The Balaban J connectivity index is 1.67. The Morgan fingerprint density at radius 2 is 2.59 bits per heavy atom. The van der Waals surface area contributed by atoms with Crippen LogP contribution in [0.2, 0.25) is 0 Å². The van der Waals surface area contributed by atoms with Gasteiger partial charge in [-0.25, -0.2) is 4.79 Å². The van der Waals surface area contributed by atoms with Crippen molar-refractivity contribution in [3.8, 4) is 0 Å². The lowest BCUT2D eigenvalue weighted by atomic mass is 10.1. The molecule has 0 unspecified atom stereocenters. The van der Waals surface area contributed by atoms with Crippen molar-refractivity contribution in [1.29, 1.82) is 0 Å². The van der Waals surface area contributed by atoms with Gasteiger partial charge in [-0.05, 0) is 25.4 Å². The summed E-state index contributed by atoms with van der Waals surface area (Å²) in [4.78, 5) is 13.9. The molecule has 1 atom stereocenters. The van der Waals surface area contributed by atoms with Crippen molar-refractivity contribution in [2.45, 2.75) is 13.3 Å². The van der Waals surface area contributed by atoms with Crippen LogP contribution in [0.25, 0.3) is 0 Å². The quantitative estimate of drug-likeness (QED) is 0.727. The summed E-state index contributed by atoms with van der Waals surface area (Å²) >= 11 is 0. The van der Waals surface area contributed by atoms with Gasteiger partial charge in [-0.15, -0.1) is 0 Å². The Morgan fingerprint density at radius 3 is 3.24 bits per heavy atom. The first-order chi connectivity index (χ1) is 8.28. The molecule has 2 heterocycles. The van der Waals surface area contributed by atoms with E-state index in [0.717, 1.165) is 26.2 Å². The summed E-state index contributed by atoms with van der Waals surface area (Å²) in [6.45, 7) is 6.23. The van der Waals surface area contributed by atoms with Gasteiger partial charge in [0.05, 0.1) is 11.9 Å². The summed E-state index contributed by atoms with van der Waals surface area (Å²) in [7, 11) is 0. The van der Waals surface area contributed by atoms with Crippen molar-refractivity contribution in [3.63, 3.8) is 0 Å². The van der Waals surface area contributed by atoms with Gasteiger partial charge in [0.25, 0.3) is 0 Å². The number of amides is 2. The zero-order valence-electron chi connectivity index (χ0n) is 10.1. The van der Waals surface area contributed by atoms with Crippen LogP contribution in [0.1, 0.15) is 13.3 Å². The molecule has 2 rings (SSSR count). The van der Waals surface area contributed by atoms with Gasteiger partial charge in [-0.3, -0.25) is 5.10 Å². The van der Waals surface area contributed by atoms with Crippen LogP contribution in [-0.4, -0.2) is 47.3 Å². The lowest BCUT2D eigenvalue weighted by Crippen LogP contribution is -2.34. The fraction of sp³-hybridized carbons (Fsp3) is 0.636. The second kappa shape index (κ2) is 5.67. The molecule has 3 N–H and O–H groups in total. The highest BCUT2D eigenvalue weighted by Gasteiger charge is 2.21. The van der Waals surface area contributed by atoms with Crippen molar-refractivity contribution in [3.05, 3.63) is 12.4 Å². The number of rotatable bonds is 4. The van der Waals surface area contributed by atoms with E-state index in [-0.39, 0.29) is 6.03 Å². The number of nitrogens with zero attached hydrogens (tertiary/aromatic N) is 2. The molecule has 1 aromatic heterocycles. The number of carbonyl (C=O) groups is 1. The first-order valence-electron chi connectivity index (χ1n) is 6.04. The number of aromatic amines is 1. The van der Waals surface area contributed by atoms with Crippen LogP contribution in [0.3, 0.4) is 0 Å². The van der Waals surface area contributed by atoms with Crippen molar-refractivity contribution in [2.75, 3.05) is 31.5 Å². The smallest absolute Gasteiger partial charge is 0.319 e. The molecule has 0 saturated carbocycles. The lowest BCUT2D eigenvalue weighted by Gasteiger charge is -2.13. The molecule has 1 fully saturated rings. The molecule has 6 nitrogen and oxygen atoms in total. The maximum absolute atomic E-state index is 11.5. The maximum Gasteiger partial charge on any atom is 0.319 e. The van der Waals surface area contributed by atoms with Gasteiger partial charge in [0.15, 0.2) is 0 Å². The van der Waals surface area contributed by atoms with E-state index in [1.165, 1.54) is 6.42 Å². The summed E-state index contributed by atoms with van der Waals surface area (Å²) in [5, 5.41) is 12.0. The number of hydrogen-bond donors (Lipinski definition) is 3. The SMILES string of the molecule is CCN1CC[C@H](CNC(=O)Nc2cn[nH]c2)C1. The second-order valence-corrected chi connectivity index (χ2v) is 4.37. The van der Waals surface area contributed by atoms with Crippen molar-refractivity contribution in [1.82, 2.24) is 20.4 Å². The van der Waals surface area contributed by atoms with Crippen LogP contribution in [0.5, 0.6) is 0 Å². The largest absolute Gasteiger partial charge is 0.338 e. The molecule has 6 heteroatoms. The van der Waals surface area contributed by atoms with Gasteiger partial charge < -0.3 is 15.5 Å². The van der Waals surface area contributed by atoms with Crippen LogP contribution < -0.4 is 10.6 Å². The molecular weight excluding hydrogens is 218 g/mol. The van der Waals surface area contributed by atoms with E-state index >= 15 is 0 Å². The number of likely N-dealkylation sites (tertiary alicyclic amines) is 1. The maximum atomic E-state index is 11.5. The minimum absolute atomic E-state index is 0.165. The third-order valence-electron chi connectivity index (χ3n) is 3.12. The van der Waals surface area contributed by atoms with Crippen molar-refractivity contribution < 1.29 is 4.79 Å². The van der Waals surface area contributed by atoms with Crippen LogP contribution in [0, 0.1) is 5.92 Å². The highest BCUT2D eigenvalue weighted by atomic mass is 16.2. The molecule has 1 aliphatic rings. The van der Waals surface area contributed by atoms with Gasteiger partial charge in [-0.1, -0.05) is 6.92 Å². The first kappa shape index (κ1) is 11.9. The number of hydrogen-bond acceptors (Lipinski definition) is 3. The zero-order chi connectivity index (χ0) is 12.1. The van der Waals surface area contributed by atoms with Gasteiger partial charge >= 0.3 is 6.03 Å². The zero-order valence-corrected chi connectivity index (χ0v) is 10.1. The predicted octanol–water partition coefficient (Wildman–Crippen LogP) is 0.873. The Hall–Kier alpha value is -1.56. The van der Waals surface area contributed by atoms with Gasteiger partial charge in [0.2, 0.25) is 0 Å². The monoisotopic (exact) mass is 237 g/mol. The molecule has 0 spiro atoms. The van der Waals surface area contributed by atoms with Crippen LogP contribution in [-0.2, 0) is 0 Å². The normalized spacial score (nSPS) is 20.4. The summed E-state index contributed by atoms with van der Waals surface area (Å²) in [6.07, 6.45) is 4.39. The molecular formula is C11H19N5O. The molecule has 0 bridgehead atoms. The number of urea groups is 1. The molecule has 0 aromatic carbocycles. The minimum Gasteiger partial charge on any atom is -0.338 e. The van der Waals surface area contributed by atoms with Crippen molar-refractivity contribution >= 4 is 11.7 Å². The fourth-order valence-electron chi connectivity index (χ4n) is 2.10. The highest BCUT2D eigenvalue weighted by Crippen LogP contribution is 2.14. The molecule has 0 aliphatic carbocycles. The average Bonchev–Trinajstić information content (AvgIpc) is 2.96.